The van der Waals surface area contributed by atoms with E-state index < -0.39 is 5.97 Å². The van der Waals surface area contributed by atoms with E-state index in [2.05, 4.69) is 0 Å². The first-order valence-corrected chi connectivity index (χ1v) is 8.32. The first kappa shape index (κ1) is 16.2. The number of hydrogen-bond acceptors (Lipinski definition) is 2. The average molecular weight is 323 g/mol. The fourth-order valence-electron chi connectivity index (χ4n) is 3.03. The minimum absolute atomic E-state index is 0.0539. The van der Waals surface area contributed by atoms with Gasteiger partial charge in [0.05, 0.1) is 12.0 Å². The van der Waals surface area contributed by atoms with Crippen LogP contribution in [0.15, 0.2) is 54.6 Å². The summed E-state index contributed by atoms with van der Waals surface area (Å²) in [6, 6.07) is 16.3. The molecule has 124 valence electrons. The summed E-state index contributed by atoms with van der Waals surface area (Å²) in [6.07, 6.45) is 3.64. The molecule has 0 radical (unpaired) electrons. The highest BCUT2D eigenvalue weighted by Gasteiger charge is 2.25. The van der Waals surface area contributed by atoms with E-state index in [0.717, 1.165) is 18.5 Å². The van der Waals surface area contributed by atoms with Gasteiger partial charge in [-0.1, -0.05) is 42.8 Å². The van der Waals surface area contributed by atoms with Crippen LogP contribution in [0.25, 0.3) is 0 Å². The van der Waals surface area contributed by atoms with E-state index in [1.165, 1.54) is 6.42 Å². The molecule has 0 bridgehead atoms. The highest BCUT2D eigenvalue weighted by Crippen LogP contribution is 2.29. The van der Waals surface area contributed by atoms with E-state index in [1.54, 1.807) is 24.3 Å². The number of anilines is 1. The molecule has 1 aliphatic carbocycles. The molecule has 4 heteroatoms. The smallest absolute Gasteiger partial charge is 0.335 e. The predicted molar refractivity (Wildman–Crippen MR) is 93.2 cm³/mol. The Bertz CT molecular complexity index is 723. The second-order valence-electron chi connectivity index (χ2n) is 6.28. The summed E-state index contributed by atoms with van der Waals surface area (Å²) in [5.41, 5.74) is 1.63. The lowest BCUT2D eigenvalue weighted by Gasteiger charge is -2.32. The molecule has 2 aromatic carbocycles. The second kappa shape index (κ2) is 7.30. The van der Waals surface area contributed by atoms with Crippen molar-refractivity contribution in [2.45, 2.75) is 25.7 Å². The Kier molecular flexibility index (Phi) is 4.94. The molecule has 1 saturated carbocycles. The Hall–Kier alpha value is -2.62. The SMILES string of the molecule is O=C(O)c1ccccc1CC(=O)N(CC1CCC1)c1ccccc1. The van der Waals surface area contributed by atoms with Gasteiger partial charge in [-0.15, -0.1) is 0 Å². The molecule has 0 atom stereocenters. The number of carboxylic acid groups (broad SMARTS) is 1. The van der Waals surface area contributed by atoms with Gasteiger partial charge < -0.3 is 10.0 Å². The Morgan fingerprint density at radius 2 is 1.67 bits per heavy atom. The summed E-state index contributed by atoms with van der Waals surface area (Å²) in [6.45, 7) is 0.706. The number of benzene rings is 2. The summed E-state index contributed by atoms with van der Waals surface area (Å²) in [5.74, 6) is -0.505. The van der Waals surface area contributed by atoms with Gasteiger partial charge in [-0.25, -0.2) is 4.79 Å². The third kappa shape index (κ3) is 3.65. The van der Waals surface area contributed by atoms with Crippen LogP contribution in [0.4, 0.5) is 5.69 Å². The zero-order chi connectivity index (χ0) is 16.9. The summed E-state index contributed by atoms with van der Waals surface area (Å²) in [5, 5.41) is 9.30. The molecule has 24 heavy (non-hydrogen) atoms. The Labute approximate surface area is 141 Å². The summed E-state index contributed by atoms with van der Waals surface area (Å²) >= 11 is 0. The summed E-state index contributed by atoms with van der Waals surface area (Å²) < 4.78 is 0. The van der Waals surface area contributed by atoms with E-state index >= 15 is 0 Å². The predicted octanol–water partition coefficient (Wildman–Crippen LogP) is 3.76. The zero-order valence-corrected chi connectivity index (χ0v) is 13.5. The number of aromatic carboxylic acids is 1. The van der Waals surface area contributed by atoms with Gasteiger partial charge in [-0.05, 0) is 42.5 Å². The first-order valence-electron chi connectivity index (χ1n) is 8.32. The van der Waals surface area contributed by atoms with Crippen molar-refractivity contribution in [2.75, 3.05) is 11.4 Å². The summed E-state index contributed by atoms with van der Waals surface area (Å²) in [7, 11) is 0. The van der Waals surface area contributed by atoms with Gasteiger partial charge in [-0.3, -0.25) is 4.79 Å². The molecule has 1 amide bonds. The zero-order valence-electron chi connectivity index (χ0n) is 13.5. The van der Waals surface area contributed by atoms with Crippen molar-refractivity contribution in [3.63, 3.8) is 0 Å². The van der Waals surface area contributed by atoms with E-state index in [9.17, 15) is 14.7 Å². The largest absolute Gasteiger partial charge is 0.478 e. The number of carbonyl (C=O) groups excluding carboxylic acids is 1. The standard InChI is InChI=1S/C20H21NO3/c22-19(13-16-9-4-5-12-18(16)20(23)24)21(14-15-7-6-8-15)17-10-2-1-3-11-17/h1-5,9-12,15H,6-8,13-14H2,(H,23,24). The number of carbonyl (C=O) groups is 2. The Balaban J connectivity index is 1.82. The number of carboxylic acids is 1. The minimum atomic E-state index is -0.997. The average Bonchev–Trinajstić information content (AvgIpc) is 2.55. The monoisotopic (exact) mass is 323 g/mol. The van der Waals surface area contributed by atoms with Crippen LogP contribution >= 0.6 is 0 Å². The molecule has 0 spiro atoms. The van der Waals surface area contributed by atoms with Crippen LogP contribution in [0.2, 0.25) is 0 Å². The highest BCUT2D eigenvalue weighted by atomic mass is 16.4. The summed E-state index contributed by atoms with van der Waals surface area (Å²) in [4.78, 5) is 26.1. The van der Waals surface area contributed by atoms with Gasteiger partial charge in [0.1, 0.15) is 0 Å². The van der Waals surface area contributed by atoms with Gasteiger partial charge in [0.2, 0.25) is 5.91 Å². The van der Waals surface area contributed by atoms with Crippen LogP contribution in [0.1, 0.15) is 35.2 Å². The van der Waals surface area contributed by atoms with E-state index in [4.69, 9.17) is 0 Å². The van der Waals surface area contributed by atoms with Crippen LogP contribution in [0.3, 0.4) is 0 Å². The molecule has 0 aliphatic heterocycles. The van der Waals surface area contributed by atoms with Crippen molar-refractivity contribution in [3.05, 3.63) is 65.7 Å². The number of amides is 1. The minimum Gasteiger partial charge on any atom is -0.478 e. The van der Waals surface area contributed by atoms with Crippen LogP contribution in [-0.2, 0) is 11.2 Å². The van der Waals surface area contributed by atoms with Crippen molar-refractivity contribution in [2.24, 2.45) is 5.92 Å². The fraction of sp³-hybridized carbons (Fsp3) is 0.300. The molecule has 3 rings (SSSR count). The van der Waals surface area contributed by atoms with Gasteiger partial charge in [0, 0.05) is 12.2 Å². The van der Waals surface area contributed by atoms with Crippen LogP contribution in [0.5, 0.6) is 0 Å². The number of nitrogens with zero attached hydrogens (tertiary/aromatic N) is 1. The van der Waals surface area contributed by atoms with Crippen LogP contribution in [-0.4, -0.2) is 23.5 Å². The molecule has 0 heterocycles. The number of hydrogen-bond donors (Lipinski definition) is 1. The molecule has 1 N–H and O–H groups in total. The quantitative estimate of drug-likeness (QED) is 0.880. The molecular formula is C20H21NO3. The third-order valence-electron chi connectivity index (χ3n) is 4.62. The lowest BCUT2D eigenvalue weighted by molar-refractivity contribution is -0.118. The van der Waals surface area contributed by atoms with E-state index in [0.29, 0.717) is 18.0 Å². The fourth-order valence-corrected chi connectivity index (χ4v) is 3.03. The van der Waals surface area contributed by atoms with Crippen molar-refractivity contribution in [1.29, 1.82) is 0 Å². The molecule has 0 unspecified atom stereocenters. The molecule has 1 fully saturated rings. The molecule has 4 nitrogen and oxygen atoms in total. The van der Waals surface area contributed by atoms with Gasteiger partial charge >= 0.3 is 5.97 Å². The molecule has 1 aliphatic rings. The van der Waals surface area contributed by atoms with Gasteiger partial charge in [0.25, 0.3) is 0 Å². The van der Waals surface area contributed by atoms with Crippen LogP contribution < -0.4 is 4.90 Å². The third-order valence-corrected chi connectivity index (χ3v) is 4.62. The van der Waals surface area contributed by atoms with Crippen molar-refractivity contribution in [3.8, 4) is 0 Å². The maximum Gasteiger partial charge on any atom is 0.335 e. The Morgan fingerprint density at radius 3 is 2.29 bits per heavy atom. The van der Waals surface area contributed by atoms with Gasteiger partial charge in [-0.2, -0.15) is 0 Å². The van der Waals surface area contributed by atoms with Crippen molar-refractivity contribution >= 4 is 17.6 Å². The van der Waals surface area contributed by atoms with Crippen LogP contribution in [0, 0.1) is 5.92 Å². The Morgan fingerprint density at radius 1 is 1.00 bits per heavy atom. The molecule has 0 saturated heterocycles. The number of rotatable bonds is 6. The van der Waals surface area contributed by atoms with E-state index in [1.807, 2.05) is 35.2 Å². The highest BCUT2D eigenvalue weighted by molar-refractivity contribution is 5.97. The topological polar surface area (TPSA) is 57.6 Å². The van der Waals surface area contributed by atoms with Crippen molar-refractivity contribution < 1.29 is 14.7 Å². The second-order valence-corrected chi connectivity index (χ2v) is 6.28. The van der Waals surface area contributed by atoms with Crippen molar-refractivity contribution in [1.82, 2.24) is 0 Å². The number of para-hydroxylation sites is 1. The lowest BCUT2D eigenvalue weighted by Crippen LogP contribution is -2.38. The van der Waals surface area contributed by atoms with Gasteiger partial charge in [0.15, 0.2) is 0 Å². The maximum atomic E-state index is 12.9. The molecule has 0 aromatic heterocycles. The molecule has 2 aromatic rings. The normalized spacial score (nSPS) is 14.0. The first-order chi connectivity index (χ1) is 11.6. The van der Waals surface area contributed by atoms with E-state index in [-0.39, 0.29) is 17.9 Å². The lowest BCUT2D eigenvalue weighted by atomic mass is 9.85. The molecular weight excluding hydrogens is 302 g/mol. The maximum absolute atomic E-state index is 12.9.